The SMILES string of the molecule is Nc1cc(C(=O)c2ccc3c(c2)C(=O)NCC3)ccc1F. The largest absolute Gasteiger partial charge is 0.396 e. The molecule has 1 amide bonds. The third-order valence-corrected chi connectivity index (χ3v) is 3.55. The summed E-state index contributed by atoms with van der Waals surface area (Å²) < 4.78 is 13.2. The lowest BCUT2D eigenvalue weighted by Gasteiger charge is -2.17. The quantitative estimate of drug-likeness (QED) is 0.653. The Bertz CT molecular complexity index is 756. The molecule has 5 heteroatoms. The van der Waals surface area contributed by atoms with Gasteiger partial charge in [0.25, 0.3) is 5.91 Å². The molecule has 0 aromatic heterocycles. The molecular weight excluding hydrogens is 271 g/mol. The minimum atomic E-state index is -0.559. The predicted octanol–water partition coefficient (Wildman–Crippen LogP) is 1.92. The zero-order valence-electron chi connectivity index (χ0n) is 11.2. The van der Waals surface area contributed by atoms with Gasteiger partial charge in [-0.1, -0.05) is 12.1 Å². The van der Waals surface area contributed by atoms with Gasteiger partial charge in [-0.05, 0) is 36.2 Å². The number of carbonyl (C=O) groups excluding carboxylic acids is 2. The zero-order valence-corrected chi connectivity index (χ0v) is 11.2. The van der Waals surface area contributed by atoms with Crippen molar-refractivity contribution in [1.29, 1.82) is 0 Å². The van der Waals surface area contributed by atoms with Crippen molar-refractivity contribution in [2.45, 2.75) is 6.42 Å². The van der Waals surface area contributed by atoms with Crippen LogP contribution >= 0.6 is 0 Å². The van der Waals surface area contributed by atoms with E-state index < -0.39 is 5.82 Å². The number of amides is 1. The summed E-state index contributed by atoms with van der Waals surface area (Å²) in [6.45, 7) is 0.605. The minimum absolute atomic E-state index is 0.0726. The number of nitrogen functional groups attached to an aromatic ring is 1. The number of halogens is 1. The maximum absolute atomic E-state index is 13.2. The molecule has 3 N–H and O–H groups in total. The van der Waals surface area contributed by atoms with Gasteiger partial charge >= 0.3 is 0 Å². The summed E-state index contributed by atoms with van der Waals surface area (Å²) in [6.07, 6.45) is 0.749. The second-order valence-electron chi connectivity index (χ2n) is 4.94. The van der Waals surface area contributed by atoms with Crippen molar-refractivity contribution in [2.75, 3.05) is 12.3 Å². The Morgan fingerprint density at radius 2 is 1.86 bits per heavy atom. The number of nitrogens with one attached hydrogen (secondary N) is 1. The smallest absolute Gasteiger partial charge is 0.251 e. The molecule has 1 aliphatic heterocycles. The molecule has 0 aliphatic carbocycles. The summed E-state index contributed by atoms with van der Waals surface area (Å²) in [4.78, 5) is 24.2. The lowest BCUT2D eigenvalue weighted by Crippen LogP contribution is -2.32. The maximum atomic E-state index is 13.2. The van der Waals surface area contributed by atoms with Crippen molar-refractivity contribution in [1.82, 2.24) is 5.32 Å². The molecule has 0 spiro atoms. The van der Waals surface area contributed by atoms with E-state index in [0.717, 1.165) is 18.1 Å². The first-order valence-corrected chi connectivity index (χ1v) is 6.57. The Balaban J connectivity index is 2.00. The van der Waals surface area contributed by atoms with Crippen molar-refractivity contribution in [3.63, 3.8) is 0 Å². The van der Waals surface area contributed by atoms with Crippen LogP contribution in [0.4, 0.5) is 10.1 Å². The van der Waals surface area contributed by atoms with Gasteiger partial charge in [0, 0.05) is 23.2 Å². The van der Waals surface area contributed by atoms with Gasteiger partial charge in [-0.25, -0.2) is 4.39 Å². The fraction of sp³-hybridized carbons (Fsp3) is 0.125. The highest BCUT2D eigenvalue weighted by atomic mass is 19.1. The van der Waals surface area contributed by atoms with Crippen LogP contribution in [0.3, 0.4) is 0 Å². The van der Waals surface area contributed by atoms with Crippen molar-refractivity contribution >= 4 is 17.4 Å². The molecule has 0 radical (unpaired) electrons. The summed E-state index contributed by atoms with van der Waals surface area (Å²) in [5, 5.41) is 2.74. The van der Waals surface area contributed by atoms with Crippen LogP contribution in [0.5, 0.6) is 0 Å². The number of hydrogen-bond acceptors (Lipinski definition) is 3. The van der Waals surface area contributed by atoms with Crippen LogP contribution in [0.25, 0.3) is 0 Å². The zero-order chi connectivity index (χ0) is 15.0. The molecule has 2 aromatic carbocycles. The van der Waals surface area contributed by atoms with Gasteiger partial charge in [0.1, 0.15) is 5.82 Å². The first kappa shape index (κ1) is 13.3. The monoisotopic (exact) mass is 284 g/mol. The topological polar surface area (TPSA) is 72.2 Å². The van der Waals surface area contributed by atoms with Crippen molar-refractivity contribution in [3.8, 4) is 0 Å². The number of ketones is 1. The van der Waals surface area contributed by atoms with E-state index in [1.54, 1.807) is 18.2 Å². The van der Waals surface area contributed by atoms with Gasteiger partial charge in [0.05, 0.1) is 5.69 Å². The fourth-order valence-corrected chi connectivity index (χ4v) is 2.40. The number of hydrogen-bond donors (Lipinski definition) is 2. The molecule has 0 saturated heterocycles. The summed E-state index contributed by atoms with van der Waals surface area (Å²) >= 11 is 0. The molecule has 0 saturated carbocycles. The molecule has 0 atom stereocenters. The van der Waals surface area contributed by atoms with Crippen LogP contribution in [0.1, 0.15) is 31.8 Å². The fourth-order valence-electron chi connectivity index (χ4n) is 2.40. The maximum Gasteiger partial charge on any atom is 0.251 e. The molecule has 21 heavy (non-hydrogen) atoms. The van der Waals surface area contributed by atoms with E-state index in [9.17, 15) is 14.0 Å². The molecular formula is C16H13FN2O2. The minimum Gasteiger partial charge on any atom is -0.396 e. The van der Waals surface area contributed by atoms with Gasteiger partial charge in [0.2, 0.25) is 0 Å². The van der Waals surface area contributed by atoms with E-state index >= 15 is 0 Å². The van der Waals surface area contributed by atoms with Crippen LogP contribution in [-0.4, -0.2) is 18.2 Å². The average molecular weight is 284 g/mol. The third-order valence-electron chi connectivity index (χ3n) is 3.55. The molecule has 2 aromatic rings. The van der Waals surface area contributed by atoms with Gasteiger partial charge < -0.3 is 11.1 Å². The molecule has 1 heterocycles. The lowest BCUT2D eigenvalue weighted by atomic mass is 9.94. The van der Waals surface area contributed by atoms with Gasteiger partial charge in [-0.15, -0.1) is 0 Å². The summed E-state index contributed by atoms with van der Waals surface area (Å²) in [5.41, 5.74) is 7.53. The Labute approximate surface area is 120 Å². The number of rotatable bonds is 2. The highest BCUT2D eigenvalue weighted by Gasteiger charge is 2.19. The molecule has 106 valence electrons. The highest BCUT2D eigenvalue weighted by Crippen LogP contribution is 2.20. The molecule has 0 bridgehead atoms. The summed E-state index contributed by atoms with van der Waals surface area (Å²) in [5.74, 6) is -1.02. The molecule has 3 rings (SSSR count). The third kappa shape index (κ3) is 2.38. The van der Waals surface area contributed by atoms with E-state index in [1.807, 2.05) is 0 Å². The number of benzene rings is 2. The molecule has 1 aliphatic rings. The molecule has 0 fully saturated rings. The number of anilines is 1. The average Bonchev–Trinajstić information content (AvgIpc) is 2.49. The van der Waals surface area contributed by atoms with Crippen LogP contribution in [0.15, 0.2) is 36.4 Å². The number of nitrogens with two attached hydrogens (primary N) is 1. The van der Waals surface area contributed by atoms with E-state index in [4.69, 9.17) is 5.73 Å². The van der Waals surface area contributed by atoms with E-state index in [0.29, 0.717) is 23.2 Å². The second-order valence-corrected chi connectivity index (χ2v) is 4.94. The van der Waals surface area contributed by atoms with E-state index in [-0.39, 0.29) is 17.4 Å². The standard InChI is InChI=1S/C16H13FN2O2/c17-13-4-3-11(8-14(13)18)15(20)10-2-1-9-5-6-19-16(21)12(9)7-10/h1-4,7-8H,5-6,18H2,(H,19,21). The molecule has 4 nitrogen and oxygen atoms in total. The van der Waals surface area contributed by atoms with Gasteiger partial charge in [-0.2, -0.15) is 0 Å². The molecule has 0 unspecified atom stereocenters. The Morgan fingerprint density at radius 3 is 2.62 bits per heavy atom. The Morgan fingerprint density at radius 1 is 1.14 bits per heavy atom. The highest BCUT2D eigenvalue weighted by molar-refractivity contribution is 6.11. The van der Waals surface area contributed by atoms with Crippen molar-refractivity contribution in [2.24, 2.45) is 0 Å². The van der Waals surface area contributed by atoms with Crippen molar-refractivity contribution in [3.05, 3.63) is 64.5 Å². The normalized spacial score (nSPS) is 13.5. The first-order chi connectivity index (χ1) is 10.1. The lowest BCUT2D eigenvalue weighted by molar-refractivity contribution is 0.0946. The van der Waals surface area contributed by atoms with Crippen molar-refractivity contribution < 1.29 is 14.0 Å². The number of carbonyl (C=O) groups is 2. The summed E-state index contributed by atoms with van der Waals surface area (Å²) in [7, 11) is 0. The van der Waals surface area contributed by atoms with Crippen LogP contribution in [-0.2, 0) is 6.42 Å². The van der Waals surface area contributed by atoms with Crippen LogP contribution in [0, 0.1) is 5.82 Å². The first-order valence-electron chi connectivity index (χ1n) is 6.57. The second kappa shape index (κ2) is 5.01. The van der Waals surface area contributed by atoms with E-state index in [1.165, 1.54) is 12.1 Å². The van der Waals surface area contributed by atoms with Crippen LogP contribution < -0.4 is 11.1 Å². The van der Waals surface area contributed by atoms with E-state index in [2.05, 4.69) is 5.32 Å². The summed E-state index contributed by atoms with van der Waals surface area (Å²) in [6, 6.07) is 8.89. The van der Waals surface area contributed by atoms with Crippen LogP contribution in [0.2, 0.25) is 0 Å². The number of fused-ring (bicyclic) bond motifs is 1. The Hall–Kier alpha value is -2.69. The van der Waals surface area contributed by atoms with Gasteiger partial charge in [-0.3, -0.25) is 9.59 Å². The predicted molar refractivity (Wildman–Crippen MR) is 76.7 cm³/mol. The van der Waals surface area contributed by atoms with Gasteiger partial charge in [0.15, 0.2) is 5.78 Å². The Kier molecular flexibility index (Phi) is 3.17.